The Labute approximate surface area is 177 Å². The molecule has 2 aromatic carbocycles. The zero-order valence-electron chi connectivity index (χ0n) is 14.6. The lowest BCUT2D eigenvalue weighted by molar-refractivity contribution is 0.102. The van der Waals surface area contributed by atoms with Gasteiger partial charge in [-0.1, -0.05) is 0 Å². The summed E-state index contributed by atoms with van der Waals surface area (Å²) in [6.45, 7) is 0. The summed E-state index contributed by atoms with van der Waals surface area (Å²) in [5.41, 5.74) is 1.91. The second kappa shape index (κ2) is 8.41. The summed E-state index contributed by atoms with van der Waals surface area (Å²) in [4.78, 5) is 24.7. The number of halogens is 2. The summed E-state index contributed by atoms with van der Waals surface area (Å²) in [5.74, 6) is 0.401. The second-order valence-electron chi connectivity index (χ2n) is 5.80. The van der Waals surface area contributed by atoms with Crippen molar-refractivity contribution < 1.29 is 9.18 Å². The Bertz CT molecular complexity index is 1150. The molecule has 2 N–H and O–H groups in total. The lowest BCUT2D eigenvalue weighted by Crippen LogP contribution is -2.11. The minimum atomic E-state index is -0.366. The average Bonchev–Trinajstić information content (AvgIpc) is 3.20. The summed E-state index contributed by atoms with van der Waals surface area (Å²) in [5, 5.41) is 6.19. The van der Waals surface area contributed by atoms with Crippen LogP contribution in [0.2, 0.25) is 0 Å². The molecule has 0 aliphatic heterocycles. The van der Waals surface area contributed by atoms with Gasteiger partial charge in [0, 0.05) is 34.5 Å². The van der Waals surface area contributed by atoms with Gasteiger partial charge in [-0.05, 0) is 64.5 Å². The first-order valence-electron chi connectivity index (χ1n) is 8.32. The van der Waals surface area contributed by atoms with Crippen molar-refractivity contribution in [2.24, 2.45) is 0 Å². The molecule has 29 heavy (non-hydrogen) atoms. The van der Waals surface area contributed by atoms with Crippen molar-refractivity contribution >= 4 is 50.0 Å². The van der Waals surface area contributed by atoms with Crippen LogP contribution in [0.15, 0.2) is 65.5 Å². The van der Waals surface area contributed by atoms with Crippen molar-refractivity contribution in [2.45, 2.75) is 0 Å². The van der Waals surface area contributed by atoms with Crippen molar-refractivity contribution in [1.82, 2.24) is 19.3 Å². The molecule has 0 aliphatic rings. The van der Waals surface area contributed by atoms with Crippen LogP contribution in [0.3, 0.4) is 0 Å². The first-order chi connectivity index (χ1) is 14.1. The van der Waals surface area contributed by atoms with Crippen molar-refractivity contribution in [3.63, 3.8) is 0 Å². The van der Waals surface area contributed by atoms with Crippen LogP contribution in [-0.2, 0) is 0 Å². The molecule has 1 amide bonds. The first kappa shape index (κ1) is 19.1. The van der Waals surface area contributed by atoms with E-state index in [1.165, 1.54) is 12.4 Å². The van der Waals surface area contributed by atoms with E-state index in [0.29, 0.717) is 32.4 Å². The molecule has 0 fully saturated rings. The zero-order chi connectivity index (χ0) is 20.2. The fourth-order valence-electron chi connectivity index (χ4n) is 2.41. The Morgan fingerprint density at radius 1 is 1.10 bits per heavy atom. The van der Waals surface area contributed by atoms with Gasteiger partial charge in [0.25, 0.3) is 5.91 Å². The van der Waals surface area contributed by atoms with Crippen LogP contribution in [-0.4, -0.2) is 25.2 Å². The molecule has 2 heterocycles. The third-order valence-corrected chi connectivity index (χ3v) is 5.06. The number of nitrogens with one attached hydrogen (secondary N) is 2. The minimum absolute atomic E-state index is 0.304. The summed E-state index contributed by atoms with van der Waals surface area (Å²) in [6.07, 6.45) is 3.09. The molecular formula is C19H12BrFN6OS. The number of hydrogen-bond acceptors (Lipinski definition) is 7. The van der Waals surface area contributed by atoms with Crippen LogP contribution < -0.4 is 10.6 Å². The van der Waals surface area contributed by atoms with Crippen LogP contribution in [0, 0.1) is 5.82 Å². The molecule has 2 aromatic heterocycles. The van der Waals surface area contributed by atoms with Crippen LogP contribution in [0.25, 0.3) is 11.4 Å². The molecule has 144 valence electrons. The SMILES string of the molecule is O=C(Nc1nc(-c2ccc(F)c(Br)c2)ns1)c1ccc(Nc2ccncn2)cc1. The van der Waals surface area contributed by atoms with Gasteiger partial charge in [-0.2, -0.15) is 9.36 Å². The summed E-state index contributed by atoms with van der Waals surface area (Å²) in [6, 6.07) is 13.2. The van der Waals surface area contributed by atoms with Gasteiger partial charge in [0.15, 0.2) is 5.82 Å². The molecule has 0 unspecified atom stereocenters. The number of aromatic nitrogens is 4. The van der Waals surface area contributed by atoms with Gasteiger partial charge in [-0.3, -0.25) is 10.1 Å². The maximum absolute atomic E-state index is 13.4. The number of carbonyl (C=O) groups excluding carboxylic acids is 1. The quantitative estimate of drug-likeness (QED) is 0.431. The molecule has 0 saturated heterocycles. The molecule has 4 rings (SSSR count). The average molecular weight is 471 g/mol. The molecule has 0 atom stereocenters. The Hall–Kier alpha value is -3.24. The number of hydrogen-bond donors (Lipinski definition) is 2. The number of amides is 1. The molecule has 7 nitrogen and oxygen atoms in total. The van der Waals surface area contributed by atoms with Gasteiger partial charge in [0.05, 0.1) is 4.47 Å². The number of carbonyl (C=O) groups is 1. The highest BCUT2D eigenvalue weighted by molar-refractivity contribution is 9.10. The molecule has 0 aliphatic carbocycles. The van der Waals surface area contributed by atoms with Crippen molar-refractivity contribution in [3.8, 4) is 11.4 Å². The Morgan fingerprint density at radius 3 is 2.66 bits per heavy atom. The fourth-order valence-corrected chi connectivity index (χ4v) is 3.38. The summed E-state index contributed by atoms with van der Waals surface area (Å²) >= 11 is 4.19. The monoisotopic (exact) mass is 470 g/mol. The third kappa shape index (κ3) is 4.61. The molecule has 4 aromatic rings. The maximum Gasteiger partial charge on any atom is 0.257 e. The lowest BCUT2D eigenvalue weighted by Gasteiger charge is -2.06. The molecular weight excluding hydrogens is 459 g/mol. The molecule has 0 radical (unpaired) electrons. The molecule has 0 bridgehead atoms. The minimum Gasteiger partial charge on any atom is -0.340 e. The molecule has 0 spiro atoms. The normalized spacial score (nSPS) is 10.6. The largest absolute Gasteiger partial charge is 0.340 e. The standard InChI is InChI=1S/C19H12BrFN6OS/c20-14-9-12(3-6-15(14)21)17-25-19(29-27-17)26-18(28)11-1-4-13(5-2-11)24-16-7-8-22-10-23-16/h1-10H,(H,22,23,24)(H,25,26,27,28). The van der Waals surface area contributed by atoms with E-state index < -0.39 is 0 Å². The highest BCUT2D eigenvalue weighted by Gasteiger charge is 2.12. The predicted octanol–water partition coefficient (Wildman–Crippen LogP) is 4.89. The van der Waals surface area contributed by atoms with Gasteiger partial charge in [-0.15, -0.1) is 0 Å². The Balaban J connectivity index is 1.43. The van der Waals surface area contributed by atoms with Crippen molar-refractivity contribution in [2.75, 3.05) is 10.6 Å². The van der Waals surface area contributed by atoms with Gasteiger partial charge in [-0.25, -0.2) is 14.4 Å². The van der Waals surface area contributed by atoms with Crippen LogP contribution in [0.4, 0.5) is 21.0 Å². The maximum atomic E-state index is 13.4. The Morgan fingerprint density at radius 2 is 1.93 bits per heavy atom. The van der Waals surface area contributed by atoms with Gasteiger partial charge in [0.2, 0.25) is 5.13 Å². The fraction of sp³-hybridized carbons (Fsp3) is 0. The highest BCUT2D eigenvalue weighted by atomic mass is 79.9. The van der Waals surface area contributed by atoms with E-state index in [0.717, 1.165) is 17.2 Å². The number of anilines is 3. The third-order valence-electron chi connectivity index (χ3n) is 3.83. The van der Waals surface area contributed by atoms with E-state index in [4.69, 9.17) is 0 Å². The highest BCUT2D eigenvalue weighted by Crippen LogP contribution is 2.26. The summed E-state index contributed by atoms with van der Waals surface area (Å²) in [7, 11) is 0. The summed E-state index contributed by atoms with van der Waals surface area (Å²) < 4.78 is 17.9. The zero-order valence-corrected chi connectivity index (χ0v) is 17.0. The van der Waals surface area contributed by atoms with Crippen molar-refractivity contribution in [3.05, 3.63) is 76.9 Å². The topological polar surface area (TPSA) is 92.7 Å². The van der Waals surface area contributed by atoms with E-state index in [1.807, 2.05) is 0 Å². The van der Waals surface area contributed by atoms with Gasteiger partial charge in [0.1, 0.15) is 18.0 Å². The lowest BCUT2D eigenvalue weighted by atomic mass is 10.2. The van der Waals surface area contributed by atoms with Gasteiger partial charge >= 0.3 is 0 Å². The first-order valence-corrected chi connectivity index (χ1v) is 9.89. The van der Waals surface area contributed by atoms with E-state index in [9.17, 15) is 9.18 Å². The van der Waals surface area contributed by atoms with Crippen LogP contribution in [0.1, 0.15) is 10.4 Å². The predicted molar refractivity (Wildman–Crippen MR) is 113 cm³/mol. The van der Waals surface area contributed by atoms with E-state index in [2.05, 4.69) is 45.9 Å². The van der Waals surface area contributed by atoms with E-state index in [1.54, 1.807) is 48.7 Å². The van der Waals surface area contributed by atoms with E-state index in [-0.39, 0.29) is 11.7 Å². The molecule has 0 saturated carbocycles. The number of benzene rings is 2. The number of nitrogens with zero attached hydrogens (tertiary/aromatic N) is 4. The van der Waals surface area contributed by atoms with Gasteiger partial charge < -0.3 is 5.32 Å². The molecule has 10 heteroatoms. The second-order valence-corrected chi connectivity index (χ2v) is 7.41. The smallest absolute Gasteiger partial charge is 0.257 e. The van der Waals surface area contributed by atoms with Crippen LogP contribution in [0.5, 0.6) is 0 Å². The Kier molecular flexibility index (Phi) is 5.54. The van der Waals surface area contributed by atoms with Crippen molar-refractivity contribution in [1.29, 1.82) is 0 Å². The van der Waals surface area contributed by atoms with Crippen LogP contribution >= 0.6 is 27.5 Å². The van der Waals surface area contributed by atoms with E-state index >= 15 is 0 Å². The number of rotatable bonds is 5.